The quantitative estimate of drug-likeness (QED) is 0.883. The van der Waals surface area contributed by atoms with Gasteiger partial charge in [-0.3, -0.25) is 0 Å². The second-order valence-electron chi connectivity index (χ2n) is 5.45. The molecule has 110 valence electrons. The van der Waals surface area contributed by atoms with E-state index in [1.807, 2.05) is 6.07 Å². The van der Waals surface area contributed by atoms with E-state index >= 15 is 0 Å². The fourth-order valence-corrected chi connectivity index (χ4v) is 2.77. The minimum Gasteiger partial charge on any atom is -0.507 e. The van der Waals surface area contributed by atoms with E-state index in [2.05, 4.69) is 12.2 Å². The summed E-state index contributed by atoms with van der Waals surface area (Å²) in [5.74, 6) is 2.21. The zero-order valence-electron chi connectivity index (χ0n) is 11.7. The van der Waals surface area contributed by atoms with Crippen molar-refractivity contribution in [1.82, 2.24) is 5.32 Å². The molecule has 5 nitrogen and oxygen atoms in total. The summed E-state index contributed by atoms with van der Waals surface area (Å²) >= 11 is 0. The van der Waals surface area contributed by atoms with Crippen molar-refractivity contribution in [2.45, 2.75) is 32.4 Å². The van der Waals surface area contributed by atoms with E-state index in [9.17, 15) is 5.11 Å². The van der Waals surface area contributed by atoms with Gasteiger partial charge < -0.3 is 24.6 Å². The molecule has 1 aromatic carbocycles. The monoisotopic (exact) mass is 279 g/mol. The van der Waals surface area contributed by atoms with Crippen molar-refractivity contribution in [1.29, 1.82) is 0 Å². The van der Waals surface area contributed by atoms with E-state index in [-0.39, 0.29) is 12.5 Å². The Morgan fingerprint density at radius 1 is 1.25 bits per heavy atom. The highest BCUT2D eigenvalue weighted by atomic mass is 16.7. The molecule has 2 aliphatic rings. The van der Waals surface area contributed by atoms with Gasteiger partial charge in [-0.1, -0.05) is 0 Å². The first kappa shape index (κ1) is 13.5. The lowest BCUT2D eigenvalue weighted by Gasteiger charge is -2.28. The van der Waals surface area contributed by atoms with Gasteiger partial charge in [-0.25, -0.2) is 0 Å². The number of ether oxygens (including phenoxy) is 3. The molecule has 0 saturated carbocycles. The molecule has 0 bridgehead atoms. The van der Waals surface area contributed by atoms with Gasteiger partial charge in [-0.05, 0) is 31.7 Å². The van der Waals surface area contributed by atoms with Gasteiger partial charge in [0, 0.05) is 37.4 Å². The number of phenolic OH excluding ortho intramolecular Hbond substituents is 1. The molecule has 1 fully saturated rings. The first-order valence-corrected chi connectivity index (χ1v) is 7.16. The van der Waals surface area contributed by atoms with Crippen LogP contribution in [-0.4, -0.2) is 31.2 Å². The molecule has 1 atom stereocenters. The molecule has 0 amide bonds. The maximum Gasteiger partial charge on any atom is 0.231 e. The summed E-state index contributed by atoms with van der Waals surface area (Å²) in [6, 6.07) is 3.88. The molecular formula is C15H21NO4. The van der Waals surface area contributed by atoms with Gasteiger partial charge in [0.05, 0.1) is 0 Å². The lowest BCUT2D eigenvalue weighted by Crippen LogP contribution is -2.36. The Hall–Kier alpha value is -1.46. The molecule has 20 heavy (non-hydrogen) atoms. The summed E-state index contributed by atoms with van der Waals surface area (Å²) in [5, 5.41) is 13.5. The first-order chi connectivity index (χ1) is 9.74. The van der Waals surface area contributed by atoms with Gasteiger partial charge in [0.1, 0.15) is 5.75 Å². The van der Waals surface area contributed by atoms with Crippen LogP contribution in [0.5, 0.6) is 17.2 Å². The molecule has 2 aliphatic heterocycles. The van der Waals surface area contributed by atoms with Crippen molar-refractivity contribution < 1.29 is 19.3 Å². The van der Waals surface area contributed by atoms with Crippen LogP contribution in [0.4, 0.5) is 0 Å². The minimum absolute atomic E-state index is 0.226. The van der Waals surface area contributed by atoms with Gasteiger partial charge in [0.25, 0.3) is 0 Å². The van der Waals surface area contributed by atoms with Crippen molar-refractivity contribution in [3.63, 3.8) is 0 Å². The van der Waals surface area contributed by atoms with Crippen LogP contribution in [0.2, 0.25) is 0 Å². The molecule has 2 N–H and O–H groups in total. The lowest BCUT2D eigenvalue weighted by molar-refractivity contribution is 0.0557. The first-order valence-electron chi connectivity index (χ1n) is 7.16. The number of nitrogens with one attached hydrogen (secondary N) is 1. The molecule has 0 aromatic heterocycles. The van der Waals surface area contributed by atoms with Gasteiger partial charge in [-0.15, -0.1) is 0 Å². The molecule has 0 spiro atoms. The summed E-state index contributed by atoms with van der Waals surface area (Å²) in [5.41, 5.74) is 0.841. The van der Waals surface area contributed by atoms with E-state index in [0.29, 0.717) is 30.0 Å². The Kier molecular flexibility index (Phi) is 3.98. The number of rotatable bonds is 4. The Balaban J connectivity index is 1.60. The third-order valence-corrected chi connectivity index (χ3v) is 4.16. The Labute approximate surface area is 118 Å². The highest BCUT2D eigenvalue weighted by molar-refractivity contribution is 5.51. The number of hydrogen-bond acceptors (Lipinski definition) is 5. The SMILES string of the molecule is CC(NCc1cc2c(cc1O)OCO2)C1CCOCC1. The molecule has 1 saturated heterocycles. The highest BCUT2D eigenvalue weighted by Crippen LogP contribution is 2.37. The summed E-state index contributed by atoms with van der Waals surface area (Å²) < 4.78 is 16.0. The number of aromatic hydroxyl groups is 1. The fraction of sp³-hybridized carbons (Fsp3) is 0.600. The van der Waals surface area contributed by atoms with Crippen molar-refractivity contribution in [3.05, 3.63) is 17.7 Å². The van der Waals surface area contributed by atoms with Crippen molar-refractivity contribution in [3.8, 4) is 17.2 Å². The van der Waals surface area contributed by atoms with Gasteiger partial charge in [0.15, 0.2) is 11.5 Å². The molecule has 2 heterocycles. The zero-order valence-corrected chi connectivity index (χ0v) is 11.7. The topological polar surface area (TPSA) is 60.0 Å². The van der Waals surface area contributed by atoms with E-state index in [1.54, 1.807) is 6.07 Å². The van der Waals surface area contributed by atoms with Gasteiger partial charge in [-0.2, -0.15) is 0 Å². The van der Waals surface area contributed by atoms with E-state index in [4.69, 9.17) is 14.2 Å². The van der Waals surface area contributed by atoms with Crippen molar-refractivity contribution in [2.75, 3.05) is 20.0 Å². The van der Waals surface area contributed by atoms with E-state index < -0.39 is 0 Å². The Morgan fingerprint density at radius 2 is 1.95 bits per heavy atom. The van der Waals surface area contributed by atoms with Gasteiger partial charge >= 0.3 is 0 Å². The van der Waals surface area contributed by atoms with Gasteiger partial charge in [0.2, 0.25) is 6.79 Å². The second kappa shape index (κ2) is 5.89. The van der Waals surface area contributed by atoms with E-state index in [0.717, 1.165) is 31.6 Å². The average Bonchev–Trinajstić information content (AvgIpc) is 2.92. The number of fused-ring (bicyclic) bond motifs is 1. The largest absolute Gasteiger partial charge is 0.507 e. The number of phenols is 1. The number of hydrogen-bond donors (Lipinski definition) is 2. The third-order valence-electron chi connectivity index (χ3n) is 4.16. The van der Waals surface area contributed by atoms with Crippen molar-refractivity contribution in [2.24, 2.45) is 5.92 Å². The smallest absolute Gasteiger partial charge is 0.231 e. The van der Waals surface area contributed by atoms with Crippen LogP contribution in [0.1, 0.15) is 25.3 Å². The second-order valence-corrected chi connectivity index (χ2v) is 5.45. The van der Waals surface area contributed by atoms with Crippen LogP contribution in [0.3, 0.4) is 0 Å². The minimum atomic E-state index is 0.226. The summed E-state index contributed by atoms with van der Waals surface area (Å²) in [6.07, 6.45) is 2.20. The zero-order chi connectivity index (χ0) is 13.9. The van der Waals surface area contributed by atoms with Crippen LogP contribution in [0, 0.1) is 5.92 Å². The summed E-state index contributed by atoms with van der Waals surface area (Å²) in [6.45, 7) is 4.75. The molecule has 3 rings (SSSR count). The molecule has 1 aromatic rings. The maximum atomic E-state index is 10.0. The average molecular weight is 279 g/mol. The molecule has 0 aliphatic carbocycles. The van der Waals surface area contributed by atoms with Crippen LogP contribution in [-0.2, 0) is 11.3 Å². The summed E-state index contributed by atoms with van der Waals surface area (Å²) in [7, 11) is 0. The third kappa shape index (κ3) is 2.83. The highest BCUT2D eigenvalue weighted by Gasteiger charge is 2.21. The normalized spacial score (nSPS) is 20.1. The summed E-state index contributed by atoms with van der Waals surface area (Å²) in [4.78, 5) is 0. The van der Waals surface area contributed by atoms with Crippen LogP contribution < -0.4 is 14.8 Å². The Bertz CT molecular complexity index is 471. The molecular weight excluding hydrogens is 258 g/mol. The predicted molar refractivity (Wildman–Crippen MR) is 74.1 cm³/mol. The molecule has 0 radical (unpaired) electrons. The predicted octanol–water partition coefficient (Wildman–Crippen LogP) is 2.03. The lowest BCUT2D eigenvalue weighted by atomic mass is 9.93. The van der Waals surface area contributed by atoms with E-state index in [1.165, 1.54) is 0 Å². The number of benzene rings is 1. The fourth-order valence-electron chi connectivity index (χ4n) is 2.77. The van der Waals surface area contributed by atoms with Crippen LogP contribution in [0.25, 0.3) is 0 Å². The molecule has 1 unspecified atom stereocenters. The van der Waals surface area contributed by atoms with Crippen molar-refractivity contribution >= 4 is 0 Å². The standard InChI is InChI=1S/C15H21NO4/c1-10(11-2-4-18-5-3-11)16-8-12-6-14-15(7-13(12)17)20-9-19-14/h6-7,10-11,16-17H,2-5,8-9H2,1H3. The molecule has 5 heteroatoms. The van der Waals surface area contributed by atoms with Crippen LogP contribution in [0.15, 0.2) is 12.1 Å². The Morgan fingerprint density at radius 3 is 2.70 bits per heavy atom. The van der Waals surface area contributed by atoms with Crippen LogP contribution >= 0.6 is 0 Å². The maximum absolute atomic E-state index is 10.0.